The van der Waals surface area contributed by atoms with Gasteiger partial charge in [0, 0.05) is 57.3 Å². The third-order valence-corrected chi connectivity index (χ3v) is 5.71. The summed E-state index contributed by atoms with van der Waals surface area (Å²) < 4.78 is 82.1. The smallest absolute Gasteiger partial charge is 0.216 e. The minimum atomic E-state index is -2.32. The Balaban J connectivity index is 0.000000243. The second-order valence-corrected chi connectivity index (χ2v) is 10.0. The van der Waals surface area contributed by atoms with E-state index in [1.54, 1.807) is 54.7 Å². The maximum Gasteiger partial charge on any atom is 0.216 e. The fourth-order valence-corrected chi connectivity index (χ4v) is 4.04. The van der Waals surface area contributed by atoms with Crippen molar-refractivity contribution < 1.29 is 38.2 Å². The van der Waals surface area contributed by atoms with Crippen molar-refractivity contribution in [2.45, 2.75) is 47.7 Å². The average molecular weight is 714 g/mol. The first-order chi connectivity index (χ1) is 22.8. The molecule has 4 aromatic heterocycles. The molecule has 0 unspecified atom stereocenters. The molecule has 0 saturated carbocycles. The summed E-state index contributed by atoms with van der Waals surface area (Å²) in [6, 6.07) is 24.4. The summed E-state index contributed by atoms with van der Waals surface area (Å²) in [7, 11) is 0. The molecule has 0 amide bonds. The third-order valence-electron chi connectivity index (χ3n) is 5.71. The summed E-state index contributed by atoms with van der Waals surface area (Å²) in [5, 5.41) is 1.48. The summed E-state index contributed by atoms with van der Waals surface area (Å²) >= 11 is 0. The van der Waals surface area contributed by atoms with Gasteiger partial charge in [-0.25, -0.2) is 4.98 Å². The number of aromatic nitrogens is 3. The largest absolute Gasteiger partial charge is 0.486 e. The molecule has 6 rings (SSSR count). The third kappa shape index (κ3) is 6.91. The van der Waals surface area contributed by atoms with Crippen molar-refractivity contribution >= 4 is 22.1 Å². The van der Waals surface area contributed by atoms with E-state index in [-0.39, 0.29) is 37.1 Å². The van der Waals surface area contributed by atoms with Crippen LogP contribution in [0.2, 0.25) is 0 Å². The van der Waals surface area contributed by atoms with E-state index in [0.717, 1.165) is 5.39 Å². The van der Waals surface area contributed by atoms with E-state index in [2.05, 4.69) is 27.1 Å². The fourth-order valence-electron chi connectivity index (χ4n) is 4.04. The molecule has 0 N–H and O–H groups in total. The number of fused-ring (bicyclic) bond motifs is 3. The maximum absolute atomic E-state index is 8.55. The van der Waals surface area contributed by atoms with Crippen LogP contribution in [0.1, 0.15) is 56.9 Å². The summed E-state index contributed by atoms with van der Waals surface area (Å²) in [4.78, 5) is 12.7. The van der Waals surface area contributed by atoms with Crippen LogP contribution in [0, 0.1) is 38.1 Å². The van der Waals surface area contributed by atoms with Crippen LogP contribution in [0.3, 0.4) is 0 Å². The first-order valence-corrected chi connectivity index (χ1v) is 12.3. The van der Waals surface area contributed by atoms with Gasteiger partial charge in [-0.2, -0.15) is 0 Å². The van der Waals surface area contributed by atoms with Gasteiger partial charge in [0.1, 0.15) is 0 Å². The zero-order valence-electron chi connectivity index (χ0n) is 32.2. The first kappa shape index (κ1) is 18.6. The number of hydrogen-bond acceptors (Lipinski definition) is 4. The second-order valence-electron chi connectivity index (χ2n) is 10.0. The van der Waals surface area contributed by atoms with Crippen LogP contribution in [-0.2, 0) is 26.5 Å². The van der Waals surface area contributed by atoms with Gasteiger partial charge >= 0.3 is 0 Å². The summed E-state index contributed by atoms with van der Waals surface area (Å²) in [6.07, 6.45) is 1.35. The number of furan rings is 1. The molecule has 6 aromatic rings. The summed E-state index contributed by atoms with van der Waals surface area (Å²) in [5.74, 6) is 0. The van der Waals surface area contributed by atoms with Gasteiger partial charge in [0.15, 0.2) is 0 Å². The molecule has 4 heterocycles. The molecule has 0 bridgehead atoms. The molecular weight excluding hydrogens is 671 g/mol. The molecule has 0 saturated heterocycles. The molecule has 0 aliphatic heterocycles. The topological polar surface area (TPSA) is 51.8 Å². The van der Waals surface area contributed by atoms with E-state index in [4.69, 9.17) is 18.1 Å². The number of nitrogens with zero attached hydrogens (tertiary/aromatic N) is 3. The Morgan fingerprint density at radius 2 is 1.77 bits per heavy atom. The van der Waals surface area contributed by atoms with Crippen molar-refractivity contribution in [3.8, 4) is 22.5 Å². The van der Waals surface area contributed by atoms with E-state index >= 15 is 0 Å². The van der Waals surface area contributed by atoms with E-state index in [9.17, 15) is 0 Å². The molecule has 205 valence electrons. The molecule has 5 heteroatoms. The predicted molar refractivity (Wildman–Crippen MR) is 159 cm³/mol. The van der Waals surface area contributed by atoms with Crippen LogP contribution in [-0.4, -0.2) is 15.0 Å². The van der Waals surface area contributed by atoms with Crippen LogP contribution >= 0.6 is 0 Å². The Kier molecular flexibility index (Phi) is 5.71. The zero-order chi connectivity index (χ0) is 35.9. The monoisotopic (exact) mass is 714 g/mol. The number of benzene rings is 2. The van der Waals surface area contributed by atoms with Gasteiger partial charge in [-0.05, 0) is 60.6 Å². The maximum atomic E-state index is 8.55. The molecule has 4 nitrogen and oxygen atoms in total. The molecule has 1 radical (unpaired) electrons. The van der Waals surface area contributed by atoms with Gasteiger partial charge in [-0.1, -0.05) is 62.4 Å². The Morgan fingerprint density at radius 1 is 0.900 bits per heavy atom. The molecule has 0 fully saturated rings. The van der Waals surface area contributed by atoms with Gasteiger partial charge in [0.2, 0.25) is 5.71 Å². The van der Waals surface area contributed by atoms with Crippen LogP contribution in [0.15, 0.2) is 83.5 Å². The molecule has 2 aromatic carbocycles. The van der Waals surface area contributed by atoms with Crippen LogP contribution in [0.25, 0.3) is 44.6 Å². The van der Waals surface area contributed by atoms with Crippen molar-refractivity contribution in [3.05, 3.63) is 114 Å². The van der Waals surface area contributed by atoms with Crippen molar-refractivity contribution in [1.82, 2.24) is 15.0 Å². The van der Waals surface area contributed by atoms with Crippen molar-refractivity contribution in [2.75, 3.05) is 0 Å². The van der Waals surface area contributed by atoms with E-state index in [0.29, 0.717) is 44.6 Å². The first-order valence-electron chi connectivity index (χ1n) is 17.5. The number of hydrogen-bond donors (Lipinski definition) is 0. The van der Waals surface area contributed by atoms with Crippen LogP contribution in [0.5, 0.6) is 0 Å². The predicted octanol–water partition coefficient (Wildman–Crippen LogP) is 8.90. The number of rotatable bonds is 3. The van der Waals surface area contributed by atoms with Crippen LogP contribution < -0.4 is 0 Å². The SMILES string of the molecule is [2H]C([2H])([2H])c1ccc2c(n1)oc1c(-c3cc(C([2H])([2H])C(C)(C)C)ccn3)[c-]ccc12.[2H]C([2H])c1c[c-]c(-c2ccc(C([2H])([2H])[2H])cn2)cc1.[Ir]. The molecule has 40 heavy (non-hydrogen) atoms. The Morgan fingerprint density at radius 3 is 2.48 bits per heavy atom. The van der Waals surface area contributed by atoms with E-state index in [1.807, 2.05) is 26.8 Å². The Labute approximate surface area is 264 Å². The summed E-state index contributed by atoms with van der Waals surface area (Å²) in [6.45, 7) is 0.0594. The Bertz CT molecular complexity index is 2080. The summed E-state index contributed by atoms with van der Waals surface area (Å²) in [5.41, 5.74) is 3.80. The van der Waals surface area contributed by atoms with Crippen molar-refractivity contribution in [3.63, 3.8) is 0 Å². The van der Waals surface area contributed by atoms with Crippen molar-refractivity contribution in [1.29, 1.82) is 0 Å². The van der Waals surface area contributed by atoms with Gasteiger partial charge in [-0.15, -0.1) is 53.6 Å². The molecular formula is C35H33IrN3O-2. The van der Waals surface area contributed by atoms with Crippen LogP contribution in [0.4, 0.5) is 0 Å². The fraction of sp³-hybridized carbons (Fsp3) is 0.229. The minimum absolute atomic E-state index is 0. The molecule has 0 atom stereocenters. The molecule has 0 aliphatic rings. The van der Waals surface area contributed by atoms with Gasteiger partial charge in [0.25, 0.3) is 0 Å². The normalized spacial score (nSPS) is 15.9. The second kappa shape index (κ2) is 12.2. The number of aryl methyl sites for hydroxylation is 3. The Hall–Kier alpha value is -3.66. The van der Waals surface area contributed by atoms with E-state index in [1.165, 1.54) is 18.3 Å². The van der Waals surface area contributed by atoms with Gasteiger partial charge in [0.05, 0.1) is 5.58 Å². The molecule has 0 aliphatic carbocycles. The molecule has 0 spiro atoms. The average Bonchev–Trinajstić information content (AvgIpc) is 3.42. The van der Waals surface area contributed by atoms with Crippen molar-refractivity contribution in [2.24, 2.45) is 5.41 Å². The zero-order valence-corrected chi connectivity index (χ0v) is 24.6. The number of pyridine rings is 3. The minimum Gasteiger partial charge on any atom is -0.486 e. The quantitative estimate of drug-likeness (QED) is 0.172. The standard InChI is InChI=1S/C22H21N2O.C13H12N.Ir/c1-14-8-9-17-16-6-5-7-18(20(16)25-21(17)24-14)19-12-15(10-11-23-19)13-22(2,3)4;1-10-3-6-12(7-4-10)13-8-5-11(2)9-14-13;/h5-6,8-12H,13H2,1-4H3;3-6,8-9H,1-2H3;/q2*-1;/i1D3,13D2;1D2,2D3;. The van der Waals surface area contributed by atoms with E-state index < -0.39 is 32.4 Å². The van der Waals surface area contributed by atoms with Gasteiger partial charge in [-0.3, -0.25) is 0 Å². The van der Waals surface area contributed by atoms with Gasteiger partial charge < -0.3 is 14.4 Å².